The van der Waals surface area contributed by atoms with Crippen molar-refractivity contribution in [1.82, 2.24) is 10.2 Å². The summed E-state index contributed by atoms with van der Waals surface area (Å²) >= 11 is 0. The molecule has 1 aliphatic carbocycles. The number of hydrogen-bond acceptors (Lipinski definition) is 3. The zero-order chi connectivity index (χ0) is 17.9. The van der Waals surface area contributed by atoms with Gasteiger partial charge >= 0.3 is 0 Å². The molecule has 2 aliphatic rings. The van der Waals surface area contributed by atoms with Crippen molar-refractivity contribution in [2.24, 2.45) is 11.3 Å². The molecular weight excluding hydrogens is 350 g/mol. The summed E-state index contributed by atoms with van der Waals surface area (Å²) in [5, 5.41) is 6.58. The molecule has 2 atom stereocenters. The molecule has 2 amide bonds. The third-order valence-corrected chi connectivity index (χ3v) is 5.88. The highest BCUT2D eigenvalue weighted by Gasteiger charge is 2.49. The predicted octanol–water partition coefficient (Wildman–Crippen LogP) is 3.20. The summed E-state index contributed by atoms with van der Waals surface area (Å²) in [5.41, 5.74) is 1.62. The summed E-state index contributed by atoms with van der Waals surface area (Å²) in [6.07, 6.45) is 4.49. The molecule has 1 aromatic rings. The lowest BCUT2D eigenvalue weighted by Crippen LogP contribution is -2.44. The fourth-order valence-electron chi connectivity index (χ4n) is 4.36. The minimum absolute atomic E-state index is 0. The second-order valence-corrected chi connectivity index (χ2v) is 7.42. The fourth-order valence-corrected chi connectivity index (χ4v) is 4.36. The van der Waals surface area contributed by atoms with Crippen molar-refractivity contribution >= 4 is 29.9 Å². The smallest absolute Gasteiger partial charge is 0.232 e. The molecule has 0 unspecified atom stereocenters. The normalized spacial score (nSPS) is 24.3. The minimum Gasteiger partial charge on any atom is -0.339 e. The highest BCUT2D eigenvalue weighted by atomic mass is 35.5. The van der Waals surface area contributed by atoms with Crippen LogP contribution in [0.1, 0.15) is 45.1 Å². The Hall–Kier alpha value is -1.59. The Morgan fingerprint density at radius 2 is 2.15 bits per heavy atom. The van der Waals surface area contributed by atoms with Crippen molar-refractivity contribution < 1.29 is 9.59 Å². The van der Waals surface area contributed by atoms with Crippen LogP contribution < -0.4 is 10.6 Å². The first kappa shape index (κ1) is 20.7. The van der Waals surface area contributed by atoms with E-state index in [0.717, 1.165) is 43.6 Å². The lowest BCUT2D eigenvalue weighted by molar-refractivity contribution is -0.129. The molecule has 1 aliphatic heterocycles. The van der Waals surface area contributed by atoms with Gasteiger partial charge in [0.1, 0.15) is 0 Å². The molecule has 0 radical (unpaired) electrons. The van der Waals surface area contributed by atoms with Gasteiger partial charge in [-0.15, -0.1) is 12.4 Å². The predicted molar refractivity (Wildman–Crippen MR) is 106 cm³/mol. The molecule has 6 heteroatoms. The summed E-state index contributed by atoms with van der Waals surface area (Å²) in [6, 6.07) is 7.87. The summed E-state index contributed by atoms with van der Waals surface area (Å²) in [6.45, 7) is 6.56. The van der Waals surface area contributed by atoms with Crippen molar-refractivity contribution in [3.05, 3.63) is 29.8 Å². The van der Waals surface area contributed by atoms with Gasteiger partial charge in [-0.1, -0.05) is 25.0 Å². The maximum absolute atomic E-state index is 13.1. The van der Waals surface area contributed by atoms with Gasteiger partial charge in [0.2, 0.25) is 11.8 Å². The lowest BCUT2D eigenvalue weighted by atomic mass is 9.67. The molecule has 144 valence electrons. The highest BCUT2D eigenvalue weighted by molar-refractivity contribution is 5.96. The van der Waals surface area contributed by atoms with Gasteiger partial charge in [-0.05, 0) is 49.9 Å². The van der Waals surface area contributed by atoms with E-state index in [0.29, 0.717) is 19.0 Å². The van der Waals surface area contributed by atoms with Gasteiger partial charge in [-0.3, -0.25) is 9.59 Å². The molecule has 0 aromatic heterocycles. The second kappa shape index (κ2) is 8.87. The third-order valence-electron chi connectivity index (χ3n) is 5.88. The molecule has 2 fully saturated rings. The third kappa shape index (κ3) is 4.21. The van der Waals surface area contributed by atoms with E-state index in [2.05, 4.69) is 10.6 Å². The van der Waals surface area contributed by atoms with Crippen LogP contribution in [-0.4, -0.2) is 36.3 Å². The molecule has 1 saturated heterocycles. The zero-order valence-corrected chi connectivity index (χ0v) is 16.5. The molecule has 1 saturated carbocycles. The van der Waals surface area contributed by atoms with Crippen molar-refractivity contribution in [3.63, 3.8) is 0 Å². The summed E-state index contributed by atoms with van der Waals surface area (Å²) < 4.78 is 0. The van der Waals surface area contributed by atoms with Gasteiger partial charge < -0.3 is 15.5 Å². The Kier molecular flexibility index (Phi) is 7.07. The number of rotatable bonds is 5. The van der Waals surface area contributed by atoms with E-state index in [1.54, 1.807) is 11.8 Å². The van der Waals surface area contributed by atoms with Crippen molar-refractivity contribution in [1.29, 1.82) is 0 Å². The quantitative estimate of drug-likeness (QED) is 0.825. The van der Waals surface area contributed by atoms with E-state index in [4.69, 9.17) is 0 Å². The lowest BCUT2D eigenvalue weighted by Gasteiger charge is -2.37. The molecule has 26 heavy (non-hydrogen) atoms. The van der Waals surface area contributed by atoms with Gasteiger partial charge in [0.25, 0.3) is 0 Å². The summed E-state index contributed by atoms with van der Waals surface area (Å²) in [5.74, 6) is 0.675. The average molecular weight is 380 g/mol. The van der Waals surface area contributed by atoms with E-state index in [1.165, 1.54) is 6.42 Å². The molecule has 0 bridgehead atoms. The first-order valence-corrected chi connectivity index (χ1v) is 9.42. The first-order chi connectivity index (χ1) is 12.0. The average Bonchev–Trinajstić information content (AvgIpc) is 3.05. The molecule has 3 rings (SSSR count). The number of nitrogens with one attached hydrogen (secondary N) is 2. The first-order valence-electron chi connectivity index (χ1n) is 9.42. The Bertz CT molecular complexity index is 652. The highest BCUT2D eigenvalue weighted by Crippen LogP contribution is 2.44. The standard InChI is InChI=1S/C20H29N3O2.ClH/c1-3-23(15(2)24)13-16-7-6-9-18(11-16)22-19(25)20-10-5-4-8-17(20)12-21-14-20;/h6-7,9,11,17,21H,3-5,8,10,12-14H2,1-2H3,(H,22,25);1H/t17-,20+;/m0./s1. The van der Waals surface area contributed by atoms with Crippen LogP contribution in [-0.2, 0) is 16.1 Å². The van der Waals surface area contributed by atoms with Crippen LogP contribution >= 0.6 is 12.4 Å². The van der Waals surface area contributed by atoms with Gasteiger partial charge in [-0.2, -0.15) is 0 Å². The molecule has 0 spiro atoms. The van der Waals surface area contributed by atoms with Crippen LogP contribution in [0.25, 0.3) is 0 Å². The number of hydrogen-bond donors (Lipinski definition) is 2. The minimum atomic E-state index is -0.247. The largest absolute Gasteiger partial charge is 0.339 e. The van der Waals surface area contributed by atoms with Gasteiger partial charge in [0.15, 0.2) is 0 Å². The fraction of sp³-hybridized carbons (Fsp3) is 0.600. The van der Waals surface area contributed by atoms with Crippen molar-refractivity contribution in [3.8, 4) is 0 Å². The van der Waals surface area contributed by atoms with E-state index in [9.17, 15) is 9.59 Å². The monoisotopic (exact) mass is 379 g/mol. The zero-order valence-electron chi connectivity index (χ0n) is 15.7. The second-order valence-electron chi connectivity index (χ2n) is 7.42. The molecule has 2 N–H and O–H groups in total. The van der Waals surface area contributed by atoms with E-state index in [1.807, 2.05) is 31.2 Å². The van der Waals surface area contributed by atoms with E-state index < -0.39 is 0 Å². The molecule has 5 nitrogen and oxygen atoms in total. The Morgan fingerprint density at radius 3 is 2.88 bits per heavy atom. The van der Waals surface area contributed by atoms with Gasteiger partial charge in [0, 0.05) is 32.2 Å². The van der Waals surface area contributed by atoms with Crippen LogP contribution in [0.2, 0.25) is 0 Å². The molecular formula is C20H30ClN3O2. The number of nitrogens with zero attached hydrogens (tertiary/aromatic N) is 1. The van der Waals surface area contributed by atoms with Crippen LogP contribution in [0.5, 0.6) is 0 Å². The van der Waals surface area contributed by atoms with Crippen molar-refractivity contribution in [2.45, 2.75) is 46.1 Å². The maximum Gasteiger partial charge on any atom is 0.232 e. The number of benzene rings is 1. The van der Waals surface area contributed by atoms with Gasteiger partial charge in [0.05, 0.1) is 5.41 Å². The number of fused-ring (bicyclic) bond motifs is 1. The molecule has 1 aromatic carbocycles. The Labute approximate surface area is 162 Å². The van der Waals surface area contributed by atoms with Crippen LogP contribution in [0.3, 0.4) is 0 Å². The summed E-state index contributed by atoms with van der Waals surface area (Å²) in [4.78, 5) is 26.5. The number of carbonyl (C=O) groups excluding carboxylic acids is 2. The van der Waals surface area contributed by atoms with E-state index in [-0.39, 0.29) is 29.6 Å². The Balaban J connectivity index is 0.00000243. The number of carbonyl (C=O) groups is 2. The van der Waals surface area contributed by atoms with Crippen LogP contribution in [0.4, 0.5) is 5.69 Å². The van der Waals surface area contributed by atoms with Crippen LogP contribution in [0.15, 0.2) is 24.3 Å². The van der Waals surface area contributed by atoms with Crippen molar-refractivity contribution in [2.75, 3.05) is 25.0 Å². The Morgan fingerprint density at radius 1 is 1.35 bits per heavy atom. The number of amides is 2. The summed E-state index contributed by atoms with van der Waals surface area (Å²) in [7, 11) is 0. The maximum atomic E-state index is 13.1. The van der Waals surface area contributed by atoms with Gasteiger partial charge in [-0.25, -0.2) is 0 Å². The number of anilines is 1. The number of halogens is 1. The van der Waals surface area contributed by atoms with Crippen LogP contribution in [0, 0.1) is 11.3 Å². The van der Waals surface area contributed by atoms with E-state index >= 15 is 0 Å². The SMILES string of the molecule is CCN(Cc1cccc(NC(=O)[C@@]23CCCC[C@H]2CNC3)c1)C(C)=O.Cl. The topological polar surface area (TPSA) is 61.4 Å². The molecule has 1 heterocycles.